The second kappa shape index (κ2) is 9.11. The molecule has 31 heavy (non-hydrogen) atoms. The van der Waals surface area contributed by atoms with Crippen LogP contribution in [0, 0.1) is 11.8 Å². The van der Waals surface area contributed by atoms with Gasteiger partial charge in [-0.2, -0.15) is 0 Å². The van der Waals surface area contributed by atoms with E-state index in [2.05, 4.69) is 0 Å². The summed E-state index contributed by atoms with van der Waals surface area (Å²) < 4.78 is 38.4. The molecule has 0 saturated carbocycles. The van der Waals surface area contributed by atoms with E-state index in [0.29, 0.717) is 53.9 Å². The molecule has 168 valence electrons. The van der Waals surface area contributed by atoms with E-state index in [4.69, 9.17) is 33.2 Å². The molecule has 0 aliphatic carbocycles. The molecule has 0 aromatic heterocycles. The lowest BCUT2D eigenvalue weighted by Gasteiger charge is -2.22. The van der Waals surface area contributed by atoms with Crippen molar-refractivity contribution in [3.05, 3.63) is 35.4 Å². The lowest BCUT2D eigenvalue weighted by atomic mass is 9.84. The number of methoxy groups -OCH3 is 4. The normalized spacial score (nSPS) is 21.8. The highest BCUT2D eigenvalue weighted by Gasteiger charge is 2.37. The first-order valence-corrected chi connectivity index (χ1v) is 10.1. The van der Waals surface area contributed by atoms with Crippen LogP contribution in [0.4, 0.5) is 0 Å². The summed E-state index contributed by atoms with van der Waals surface area (Å²) in [5.74, 6) is 3.67. The number of rotatable bonds is 8. The van der Waals surface area contributed by atoms with E-state index in [1.54, 1.807) is 28.4 Å². The van der Waals surface area contributed by atoms with Crippen molar-refractivity contribution in [3.63, 3.8) is 0 Å². The van der Waals surface area contributed by atoms with Gasteiger partial charge in [0.05, 0.1) is 35.0 Å². The second-order valence-electron chi connectivity index (χ2n) is 7.62. The predicted octanol–water partition coefficient (Wildman–Crippen LogP) is 2.82. The summed E-state index contributed by atoms with van der Waals surface area (Å²) in [4.78, 5) is 0. The number of fused-ring (bicyclic) bond motifs is 1. The van der Waals surface area contributed by atoms with Crippen LogP contribution in [0.1, 0.15) is 11.1 Å². The first-order valence-electron chi connectivity index (χ1n) is 10.1. The molecule has 1 unspecified atom stereocenters. The highest BCUT2D eigenvalue weighted by molar-refractivity contribution is 5.55. The van der Waals surface area contributed by atoms with Gasteiger partial charge < -0.3 is 38.3 Å². The fraction of sp³-hybridized carbons (Fsp3) is 0.478. The van der Waals surface area contributed by atoms with Gasteiger partial charge in [-0.25, -0.2) is 0 Å². The molecule has 1 fully saturated rings. The Kier molecular flexibility index (Phi) is 6.29. The fourth-order valence-electron chi connectivity index (χ4n) is 4.31. The van der Waals surface area contributed by atoms with Crippen LogP contribution in [0.15, 0.2) is 24.3 Å². The summed E-state index contributed by atoms with van der Waals surface area (Å²) in [6.45, 7) is 0.650. The van der Waals surface area contributed by atoms with Crippen molar-refractivity contribution in [2.75, 3.05) is 41.8 Å². The molecule has 8 heteroatoms. The molecule has 0 amide bonds. The van der Waals surface area contributed by atoms with Crippen LogP contribution in [0.25, 0.3) is 0 Å². The lowest BCUT2D eigenvalue weighted by Crippen LogP contribution is -2.24. The van der Waals surface area contributed by atoms with Gasteiger partial charge in [-0.1, -0.05) is 0 Å². The maximum absolute atomic E-state index is 10.5. The number of hydrogen-bond donors (Lipinski definition) is 1. The molecule has 2 aromatic carbocycles. The van der Waals surface area contributed by atoms with Gasteiger partial charge in [0.1, 0.15) is 0 Å². The summed E-state index contributed by atoms with van der Waals surface area (Å²) >= 11 is 0. The maximum atomic E-state index is 10.5. The van der Waals surface area contributed by atoms with Crippen molar-refractivity contribution in [3.8, 4) is 34.5 Å². The molecular formula is C23H28O8. The molecular weight excluding hydrogens is 404 g/mol. The maximum Gasteiger partial charge on any atom is 0.231 e. The Morgan fingerprint density at radius 2 is 1.48 bits per heavy atom. The highest BCUT2D eigenvalue weighted by Crippen LogP contribution is 2.44. The topological polar surface area (TPSA) is 84.8 Å². The van der Waals surface area contributed by atoms with Crippen LogP contribution in [-0.2, 0) is 17.6 Å². The summed E-state index contributed by atoms with van der Waals surface area (Å²) in [5.41, 5.74) is 2.01. The Labute approximate surface area is 181 Å². The molecule has 8 nitrogen and oxygen atoms in total. The van der Waals surface area contributed by atoms with Gasteiger partial charge >= 0.3 is 0 Å². The van der Waals surface area contributed by atoms with Crippen molar-refractivity contribution in [2.24, 2.45) is 11.8 Å². The van der Waals surface area contributed by atoms with Gasteiger partial charge in [0, 0.05) is 5.92 Å². The van der Waals surface area contributed by atoms with Gasteiger partial charge in [-0.15, -0.1) is 0 Å². The molecule has 2 aromatic rings. The summed E-state index contributed by atoms with van der Waals surface area (Å²) in [6.07, 6.45) is 0.462. The third-order valence-electron chi connectivity index (χ3n) is 5.86. The van der Waals surface area contributed by atoms with Gasteiger partial charge in [-0.3, -0.25) is 0 Å². The van der Waals surface area contributed by atoms with E-state index in [1.165, 1.54) is 0 Å². The minimum absolute atomic E-state index is 0.0979. The van der Waals surface area contributed by atoms with E-state index in [0.717, 1.165) is 11.1 Å². The average Bonchev–Trinajstić information content (AvgIpc) is 3.39. The number of hydrogen-bond acceptors (Lipinski definition) is 8. The van der Waals surface area contributed by atoms with Crippen molar-refractivity contribution < 1.29 is 38.3 Å². The Morgan fingerprint density at radius 3 is 2.13 bits per heavy atom. The zero-order valence-corrected chi connectivity index (χ0v) is 18.2. The van der Waals surface area contributed by atoms with Crippen LogP contribution in [0.3, 0.4) is 0 Å². The van der Waals surface area contributed by atoms with Gasteiger partial charge in [0.2, 0.25) is 18.3 Å². The Balaban J connectivity index is 1.56. The summed E-state index contributed by atoms with van der Waals surface area (Å²) in [6, 6.07) is 7.74. The van der Waals surface area contributed by atoms with Gasteiger partial charge in [-0.05, 0) is 54.2 Å². The molecule has 0 radical (unpaired) electrons. The fourth-order valence-corrected chi connectivity index (χ4v) is 4.31. The zero-order chi connectivity index (χ0) is 22.0. The van der Waals surface area contributed by atoms with E-state index in [9.17, 15) is 5.11 Å². The monoisotopic (exact) mass is 432 g/mol. The number of benzene rings is 2. The van der Waals surface area contributed by atoms with E-state index >= 15 is 0 Å². The minimum atomic E-state index is -0.847. The standard InChI is InChI=1S/C23H28O8/c1-25-17-8-14(9-18(26-2)21(17)28-4)6-16-15(11-29-23(16)24)5-13-7-19(27-3)22-20(10-13)30-12-31-22/h7-10,15-16,23-24H,5-6,11-12H2,1-4H3/t15-,16+,23?/m1/s1. The Hall–Kier alpha value is -2.84. The van der Waals surface area contributed by atoms with Crippen LogP contribution in [-0.4, -0.2) is 53.2 Å². The molecule has 1 N–H and O–H groups in total. The highest BCUT2D eigenvalue weighted by atomic mass is 16.7. The largest absolute Gasteiger partial charge is 0.493 e. The third kappa shape index (κ3) is 4.18. The van der Waals surface area contributed by atoms with Crippen molar-refractivity contribution in [1.29, 1.82) is 0 Å². The SMILES string of the molecule is COc1cc(C[C@@H]2C(O)OC[C@H]2Cc2cc(OC)c3c(c2)OCO3)cc(OC)c1OC. The van der Waals surface area contributed by atoms with Crippen molar-refractivity contribution in [2.45, 2.75) is 19.1 Å². The third-order valence-corrected chi connectivity index (χ3v) is 5.86. The first-order chi connectivity index (χ1) is 15.1. The van der Waals surface area contributed by atoms with Gasteiger partial charge in [0.25, 0.3) is 0 Å². The molecule has 4 rings (SSSR count). The predicted molar refractivity (Wildman–Crippen MR) is 112 cm³/mol. The molecule has 2 aliphatic heterocycles. The molecule has 0 spiro atoms. The minimum Gasteiger partial charge on any atom is -0.493 e. The smallest absolute Gasteiger partial charge is 0.231 e. The first kappa shape index (κ1) is 21.4. The van der Waals surface area contributed by atoms with Crippen LogP contribution < -0.4 is 28.4 Å². The van der Waals surface area contributed by atoms with Crippen LogP contribution in [0.5, 0.6) is 34.5 Å². The zero-order valence-electron chi connectivity index (χ0n) is 18.2. The summed E-state index contributed by atoms with van der Waals surface area (Å²) in [7, 11) is 6.36. The van der Waals surface area contributed by atoms with Crippen molar-refractivity contribution in [1.82, 2.24) is 0 Å². The number of aliphatic hydroxyl groups excluding tert-OH is 1. The second-order valence-corrected chi connectivity index (χ2v) is 7.62. The lowest BCUT2D eigenvalue weighted by molar-refractivity contribution is -0.0820. The molecule has 2 heterocycles. The van der Waals surface area contributed by atoms with E-state index in [1.807, 2.05) is 24.3 Å². The average molecular weight is 432 g/mol. The van der Waals surface area contributed by atoms with Crippen LogP contribution >= 0.6 is 0 Å². The number of ether oxygens (including phenoxy) is 7. The molecule has 0 bridgehead atoms. The number of aliphatic hydroxyl groups is 1. The van der Waals surface area contributed by atoms with E-state index < -0.39 is 6.29 Å². The molecule has 3 atom stereocenters. The Bertz CT molecular complexity index is 903. The van der Waals surface area contributed by atoms with Crippen LogP contribution in [0.2, 0.25) is 0 Å². The summed E-state index contributed by atoms with van der Waals surface area (Å²) in [5, 5.41) is 10.5. The quantitative estimate of drug-likeness (QED) is 0.682. The molecule has 2 aliphatic rings. The molecule has 1 saturated heterocycles. The van der Waals surface area contributed by atoms with Crippen molar-refractivity contribution >= 4 is 0 Å². The van der Waals surface area contributed by atoms with Gasteiger partial charge in [0.15, 0.2) is 29.3 Å². The Morgan fingerprint density at radius 1 is 0.839 bits per heavy atom. The van der Waals surface area contributed by atoms with E-state index in [-0.39, 0.29) is 18.6 Å².